The fraction of sp³-hybridized carbons (Fsp3) is 0.333. The van der Waals surface area contributed by atoms with Crippen molar-refractivity contribution in [1.82, 2.24) is 24.8 Å². The molecule has 2 fully saturated rings. The Hall–Kier alpha value is -4.58. The summed E-state index contributed by atoms with van der Waals surface area (Å²) in [6, 6.07) is 3.11. The molecule has 10 nitrogen and oxygen atoms in total. The molecule has 1 saturated carbocycles. The normalized spacial score (nSPS) is 20.3. The Bertz CT molecular complexity index is 1990. The monoisotopic (exact) mass is 573 g/mol. The van der Waals surface area contributed by atoms with Crippen molar-refractivity contribution in [2.24, 2.45) is 11.8 Å². The van der Waals surface area contributed by atoms with Gasteiger partial charge >= 0.3 is 5.97 Å². The van der Waals surface area contributed by atoms with Gasteiger partial charge in [0.15, 0.2) is 11.6 Å². The van der Waals surface area contributed by atoms with Crippen LogP contribution in [-0.2, 0) is 0 Å². The lowest BCUT2D eigenvalue weighted by Crippen LogP contribution is -2.35. The topological polar surface area (TPSA) is 130 Å². The zero-order chi connectivity index (χ0) is 29.4. The molecule has 4 aromatic heterocycles. The van der Waals surface area contributed by atoms with Gasteiger partial charge in [-0.15, -0.1) is 0 Å². The Kier molecular flexibility index (Phi) is 5.94. The first kappa shape index (κ1) is 26.3. The van der Waals surface area contributed by atoms with Gasteiger partial charge in [0.2, 0.25) is 5.43 Å². The minimum absolute atomic E-state index is 0.0969. The molecular formula is C30H29F2N7O3. The predicted molar refractivity (Wildman–Crippen MR) is 157 cm³/mol. The van der Waals surface area contributed by atoms with Crippen LogP contribution in [0.5, 0.6) is 0 Å². The number of hydrogen-bond acceptors (Lipinski definition) is 7. The molecule has 12 heteroatoms. The van der Waals surface area contributed by atoms with E-state index in [4.69, 9.17) is 0 Å². The molecule has 0 spiro atoms. The highest BCUT2D eigenvalue weighted by atomic mass is 19.2. The van der Waals surface area contributed by atoms with Crippen molar-refractivity contribution in [2.75, 3.05) is 44.4 Å². The average molecular weight is 574 g/mol. The second-order valence-electron chi connectivity index (χ2n) is 11.5. The molecule has 5 aromatic rings. The van der Waals surface area contributed by atoms with E-state index in [1.54, 1.807) is 25.5 Å². The van der Waals surface area contributed by atoms with Crippen LogP contribution in [0.4, 0.5) is 20.2 Å². The number of carboxylic acid groups (broad SMARTS) is 1. The molecule has 5 heterocycles. The van der Waals surface area contributed by atoms with Crippen LogP contribution in [0.15, 0.2) is 35.5 Å². The molecule has 1 aliphatic heterocycles. The highest BCUT2D eigenvalue weighted by Gasteiger charge is 2.44. The number of aromatic carboxylic acids is 1. The van der Waals surface area contributed by atoms with E-state index in [1.807, 2.05) is 0 Å². The first-order chi connectivity index (χ1) is 20.2. The number of nitrogens with one attached hydrogen (secondary N) is 3. The maximum Gasteiger partial charge on any atom is 0.341 e. The van der Waals surface area contributed by atoms with Crippen molar-refractivity contribution in [3.05, 3.63) is 58.1 Å². The molecule has 4 N–H and O–H groups in total. The van der Waals surface area contributed by atoms with E-state index in [0.717, 1.165) is 31.6 Å². The SMILES string of the molecule is CNc1cc(F)c(F)c2c1[nH]c1ncc(-c3cnc4[nH]cc(C(=O)O)c(=O)c4c3)c(N3C[C@H]4CCC(N(C)C)[C@H]4C3)c12. The molecule has 216 valence electrons. The maximum absolute atomic E-state index is 15.7. The maximum atomic E-state index is 15.7. The number of rotatable bonds is 5. The molecule has 1 aromatic carbocycles. The van der Waals surface area contributed by atoms with Gasteiger partial charge < -0.3 is 30.2 Å². The minimum atomic E-state index is -1.34. The number of hydrogen-bond donors (Lipinski definition) is 4. The number of halogens is 2. The molecule has 0 amide bonds. The Morgan fingerprint density at radius 2 is 1.90 bits per heavy atom. The first-order valence-electron chi connectivity index (χ1n) is 13.8. The van der Waals surface area contributed by atoms with E-state index >= 15 is 4.39 Å². The zero-order valence-corrected chi connectivity index (χ0v) is 23.3. The number of benzene rings is 1. The molecule has 3 atom stereocenters. The van der Waals surface area contributed by atoms with Crippen molar-refractivity contribution < 1.29 is 18.7 Å². The van der Waals surface area contributed by atoms with Crippen LogP contribution < -0.4 is 15.6 Å². The number of carbonyl (C=O) groups is 1. The van der Waals surface area contributed by atoms with Gasteiger partial charge in [0.05, 0.1) is 33.1 Å². The van der Waals surface area contributed by atoms with E-state index < -0.39 is 28.6 Å². The second kappa shape index (κ2) is 9.48. The van der Waals surface area contributed by atoms with Gasteiger partial charge in [0.25, 0.3) is 0 Å². The van der Waals surface area contributed by atoms with Crippen molar-refractivity contribution in [3.8, 4) is 11.1 Å². The van der Waals surface area contributed by atoms with Crippen molar-refractivity contribution in [1.29, 1.82) is 0 Å². The number of aromatic amines is 2. The van der Waals surface area contributed by atoms with Gasteiger partial charge in [-0.05, 0) is 44.8 Å². The van der Waals surface area contributed by atoms with Crippen LogP contribution in [0.3, 0.4) is 0 Å². The fourth-order valence-electron chi connectivity index (χ4n) is 7.15. The summed E-state index contributed by atoms with van der Waals surface area (Å²) in [7, 11) is 5.82. The molecule has 42 heavy (non-hydrogen) atoms. The number of fused-ring (bicyclic) bond motifs is 5. The summed E-state index contributed by atoms with van der Waals surface area (Å²) >= 11 is 0. The summed E-state index contributed by atoms with van der Waals surface area (Å²) in [5.74, 6) is -2.46. The minimum Gasteiger partial charge on any atom is -0.477 e. The molecule has 1 aliphatic carbocycles. The quantitative estimate of drug-likeness (QED) is 0.243. The van der Waals surface area contributed by atoms with E-state index in [9.17, 15) is 19.1 Å². The summed E-state index contributed by atoms with van der Waals surface area (Å²) < 4.78 is 30.6. The van der Waals surface area contributed by atoms with Gasteiger partial charge in [-0.1, -0.05) is 0 Å². The summed E-state index contributed by atoms with van der Waals surface area (Å²) in [6.07, 6.45) is 6.53. The Morgan fingerprint density at radius 3 is 2.64 bits per heavy atom. The number of aromatic nitrogens is 4. The van der Waals surface area contributed by atoms with Gasteiger partial charge in [-0.2, -0.15) is 0 Å². The van der Waals surface area contributed by atoms with E-state index in [2.05, 4.69) is 49.1 Å². The van der Waals surface area contributed by atoms with Gasteiger partial charge in [0, 0.05) is 62.0 Å². The lowest BCUT2D eigenvalue weighted by molar-refractivity contribution is 0.0695. The first-order valence-corrected chi connectivity index (χ1v) is 13.8. The smallest absolute Gasteiger partial charge is 0.341 e. The molecule has 0 radical (unpaired) electrons. The summed E-state index contributed by atoms with van der Waals surface area (Å²) in [6.45, 7) is 1.45. The van der Waals surface area contributed by atoms with Gasteiger partial charge in [-0.3, -0.25) is 4.79 Å². The van der Waals surface area contributed by atoms with E-state index in [1.165, 1.54) is 0 Å². The molecule has 1 unspecified atom stereocenters. The van der Waals surface area contributed by atoms with Gasteiger partial charge in [-0.25, -0.2) is 23.5 Å². The third-order valence-corrected chi connectivity index (χ3v) is 9.10. The number of nitrogens with zero attached hydrogens (tertiary/aromatic N) is 4. The molecule has 2 aliphatic rings. The predicted octanol–water partition coefficient (Wildman–Crippen LogP) is 4.41. The summed E-state index contributed by atoms with van der Waals surface area (Å²) in [4.78, 5) is 44.2. The van der Waals surface area contributed by atoms with Crippen LogP contribution in [0.25, 0.3) is 44.1 Å². The van der Waals surface area contributed by atoms with Crippen LogP contribution in [0.2, 0.25) is 0 Å². The van der Waals surface area contributed by atoms with Crippen LogP contribution in [-0.4, -0.2) is 76.2 Å². The van der Waals surface area contributed by atoms with E-state index in [0.29, 0.717) is 63.5 Å². The third kappa shape index (κ3) is 3.78. The standard InChI is InChI=1S/C30H29F2N7O3/c1-33-20-7-19(31)24(32)22-23-26(39-11-13-4-5-21(38(2)3)18(13)12-39)16(9-36-29(23)37-25(20)22)14-6-15-27(40)17(30(41)42)10-35-28(15)34-8-14/h6-10,13,18,21,33H,4-5,11-12H2,1-3H3,(H,36,37)(H,41,42)(H,34,35,40)/t13-,18+,21?/m1/s1. The zero-order valence-electron chi connectivity index (χ0n) is 23.3. The second-order valence-corrected chi connectivity index (χ2v) is 11.5. The van der Waals surface area contributed by atoms with E-state index in [-0.39, 0.29) is 16.4 Å². The van der Waals surface area contributed by atoms with Crippen molar-refractivity contribution in [2.45, 2.75) is 18.9 Å². The van der Waals surface area contributed by atoms with Crippen LogP contribution in [0.1, 0.15) is 23.2 Å². The summed E-state index contributed by atoms with van der Waals surface area (Å²) in [5.41, 5.74) is 2.18. The van der Waals surface area contributed by atoms with Crippen molar-refractivity contribution >= 4 is 50.3 Å². The molecular weight excluding hydrogens is 544 g/mol. The van der Waals surface area contributed by atoms with Crippen LogP contribution in [0, 0.1) is 23.5 Å². The Morgan fingerprint density at radius 1 is 1.12 bits per heavy atom. The van der Waals surface area contributed by atoms with Gasteiger partial charge in [0.1, 0.15) is 16.9 Å². The highest BCUT2D eigenvalue weighted by Crippen LogP contribution is 2.48. The third-order valence-electron chi connectivity index (χ3n) is 9.10. The number of carboxylic acids is 1. The lowest BCUT2D eigenvalue weighted by Gasteiger charge is -2.28. The largest absolute Gasteiger partial charge is 0.477 e. The Balaban J connectivity index is 1.52. The lowest BCUT2D eigenvalue weighted by atomic mass is 9.97. The molecule has 0 bridgehead atoms. The number of pyridine rings is 3. The molecule has 1 saturated heterocycles. The highest BCUT2D eigenvalue weighted by molar-refractivity contribution is 6.18. The molecule has 7 rings (SSSR count). The fourth-order valence-corrected chi connectivity index (χ4v) is 7.15. The summed E-state index contributed by atoms with van der Waals surface area (Å²) in [5, 5.41) is 13.1. The Labute approximate surface area is 238 Å². The number of anilines is 2. The average Bonchev–Trinajstić information content (AvgIpc) is 3.67. The van der Waals surface area contributed by atoms with Crippen LogP contribution >= 0.6 is 0 Å². The van der Waals surface area contributed by atoms with Crippen molar-refractivity contribution in [3.63, 3.8) is 0 Å². The number of H-pyrrole nitrogens is 2.